The van der Waals surface area contributed by atoms with E-state index in [4.69, 9.17) is 25.5 Å². The molecular formula is C22H19ClFN3O4. The summed E-state index contributed by atoms with van der Waals surface area (Å²) in [5.74, 6) is 0.554. The minimum atomic E-state index is -0.591. The van der Waals surface area contributed by atoms with Gasteiger partial charge in [0.25, 0.3) is 5.91 Å². The Morgan fingerprint density at radius 1 is 1.19 bits per heavy atom. The number of nitrogens with zero attached hydrogens (tertiary/aromatic N) is 2. The molecule has 3 aliphatic carbocycles. The number of carbonyl (C=O) groups excluding carboxylic acids is 1. The third-order valence-corrected chi connectivity index (χ3v) is 6.06. The van der Waals surface area contributed by atoms with E-state index in [0.29, 0.717) is 30.9 Å². The highest BCUT2D eigenvalue weighted by Gasteiger charge is 2.71. The molecule has 3 saturated carbocycles. The lowest BCUT2D eigenvalue weighted by molar-refractivity contribution is -0.143. The summed E-state index contributed by atoms with van der Waals surface area (Å²) in [4.78, 5) is 12.2. The highest BCUT2D eigenvalue weighted by atomic mass is 35.5. The van der Waals surface area contributed by atoms with Gasteiger partial charge in [-0.15, -0.1) is 5.10 Å². The average Bonchev–Trinajstić information content (AvgIpc) is 3.12. The summed E-state index contributed by atoms with van der Waals surface area (Å²) in [6, 6.07) is 11.6. The number of benzene rings is 2. The summed E-state index contributed by atoms with van der Waals surface area (Å²) in [5.41, 5.74) is 0.575. The monoisotopic (exact) mass is 443 g/mol. The molecule has 31 heavy (non-hydrogen) atoms. The molecule has 0 spiro atoms. The van der Waals surface area contributed by atoms with Gasteiger partial charge >= 0.3 is 6.08 Å². The van der Waals surface area contributed by atoms with E-state index in [-0.39, 0.29) is 40.3 Å². The van der Waals surface area contributed by atoms with E-state index in [1.165, 1.54) is 12.1 Å². The van der Waals surface area contributed by atoms with Crippen molar-refractivity contribution in [3.63, 3.8) is 0 Å². The van der Waals surface area contributed by atoms with Gasteiger partial charge in [0, 0.05) is 11.6 Å². The molecule has 1 N–H and O–H groups in total. The molecule has 2 aromatic carbocycles. The smallest absolute Gasteiger partial charge is 0.420 e. The Labute approximate surface area is 182 Å². The van der Waals surface area contributed by atoms with Crippen LogP contribution in [-0.4, -0.2) is 28.3 Å². The normalized spacial score (nSPS) is 23.5. The van der Waals surface area contributed by atoms with Gasteiger partial charge in [-0.3, -0.25) is 4.79 Å². The van der Waals surface area contributed by atoms with Gasteiger partial charge in [-0.1, -0.05) is 28.8 Å². The van der Waals surface area contributed by atoms with E-state index in [2.05, 4.69) is 15.5 Å². The van der Waals surface area contributed by atoms with E-state index < -0.39 is 5.82 Å². The minimum absolute atomic E-state index is 0.00410. The maximum Gasteiger partial charge on any atom is 0.420 e. The largest absolute Gasteiger partial charge is 0.484 e. The zero-order valence-electron chi connectivity index (χ0n) is 16.7. The maximum absolute atomic E-state index is 13.4. The van der Waals surface area contributed by atoms with Crippen LogP contribution in [-0.2, 0) is 10.2 Å². The fraction of sp³-hybridized carbons (Fsp3) is 0.318. The molecule has 3 aliphatic rings. The maximum atomic E-state index is 13.4. The van der Waals surface area contributed by atoms with Gasteiger partial charge in [0.2, 0.25) is 5.89 Å². The van der Waals surface area contributed by atoms with Crippen molar-refractivity contribution in [1.82, 2.24) is 15.5 Å². The van der Waals surface area contributed by atoms with Crippen molar-refractivity contribution in [1.29, 1.82) is 0 Å². The predicted molar refractivity (Wildman–Crippen MR) is 109 cm³/mol. The number of halogens is 2. The van der Waals surface area contributed by atoms with Gasteiger partial charge in [0.1, 0.15) is 17.3 Å². The number of aromatic nitrogens is 2. The Balaban J connectivity index is 1.13. The van der Waals surface area contributed by atoms with Gasteiger partial charge < -0.3 is 19.2 Å². The number of ether oxygens (including phenoxy) is 2. The molecule has 9 heteroatoms. The second-order valence-electron chi connectivity index (χ2n) is 8.30. The molecule has 6 rings (SSSR count). The lowest BCUT2D eigenvalue weighted by atomic mass is 9.39. The minimum Gasteiger partial charge on any atom is -0.484 e. The lowest BCUT2D eigenvalue weighted by Gasteiger charge is -2.68. The fourth-order valence-electron chi connectivity index (χ4n) is 4.44. The zero-order chi connectivity index (χ0) is 21.6. The highest BCUT2D eigenvalue weighted by molar-refractivity contribution is 6.30. The van der Waals surface area contributed by atoms with Gasteiger partial charge in [0.05, 0.1) is 10.4 Å². The van der Waals surface area contributed by atoms with Crippen molar-refractivity contribution in [2.24, 2.45) is 0 Å². The first-order valence-corrected chi connectivity index (χ1v) is 10.2. The van der Waals surface area contributed by atoms with E-state index in [0.717, 1.165) is 11.6 Å². The second kappa shape index (κ2) is 7.23. The molecule has 7 nitrogen and oxygen atoms in total. The first kappa shape index (κ1) is 19.8. The van der Waals surface area contributed by atoms with Crippen LogP contribution in [0.3, 0.4) is 0 Å². The van der Waals surface area contributed by atoms with Gasteiger partial charge in [-0.25, -0.2) is 4.39 Å². The number of amides is 1. The molecule has 3 fully saturated rings. The van der Waals surface area contributed by atoms with Crippen molar-refractivity contribution in [2.45, 2.75) is 37.1 Å². The Kier molecular flexibility index (Phi) is 4.62. The molecule has 1 amide bonds. The molecule has 0 radical (unpaired) electrons. The van der Waals surface area contributed by atoms with Gasteiger partial charge in [-0.2, -0.15) is 0 Å². The average molecular weight is 444 g/mol. The molecule has 3 aromatic rings. The summed E-state index contributed by atoms with van der Waals surface area (Å²) >= 11 is 5.64. The number of aryl methyl sites for hydroxylation is 1. The van der Waals surface area contributed by atoms with Crippen LogP contribution in [0.2, 0.25) is 5.02 Å². The van der Waals surface area contributed by atoms with E-state index in [1.807, 2.05) is 31.2 Å². The summed E-state index contributed by atoms with van der Waals surface area (Å²) in [6.07, 6.45) is 2.25. The molecular weight excluding hydrogens is 425 g/mol. The van der Waals surface area contributed by atoms with Crippen molar-refractivity contribution in [3.8, 4) is 17.6 Å². The molecule has 0 unspecified atom stereocenters. The Morgan fingerprint density at radius 3 is 2.74 bits per heavy atom. The summed E-state index contributed by atoms with van der Waals surface area (Å²) in [7, 11) is 0. The van der Waals surface area contributed by atoms with Crippen LogP contribution in [0.5, 0.6) is 17.6 Å². The number of nitrogens with one attached hydrogen (secondary N) is 1. The molecule has 1 heterocycles. The molecule has 0 atom stereocenters. The predicted octanol–water partition coefficient (Wildman–Crippen LogP) is 4.33. The van der Waals surface area contributed by atoms with Crippen LogP contribution in [0.1, 0.15) is 30.7 Å². The van der Waals surface area contributed by atoms with Crippen LogP contribution < -0.4 is 14.8 Å². The van der Waals surface area contributed by atoms with Crippen LogP contribution >= 0.6 is 11.6 Å². The topological polar surface area (TPSA) is 86.5 Å². The summed E-state index contributed by atoms with van der Waals surface area (Å²) in [6.45, 7) is 1.77. The number of carbonyl (C=O) groups is 1. The lowest BCUT2D eigenvalue weighted by Crippen LogP contribution is -2.77. The SMILES string of the molecule is Cc1cccc(Oc2nnc(C34CC(NC(=O)COc5ccc(Cl)c(F)c5)(C3)C4)o2)c1. The third-order valence-electron chi connectivity index (χ3n) is 5.75. The first-order valence-electron chi connectivity index (χ1n) is 9.82. The first-order chi connectivity index (χ1) is 14.8. The van der Waals surface area contributed by atoms with E-state index in [9.17, 15) is 9.18 Å². The molecule has 2 bridgehead atoms. The van der Waals surface area contributed by atoms with Crippen LogP contribution in [0, 0.1) is 12.7 Å². The Hall–Kier alpha value is -3.13. The summed E-state index contributed by atoms with van der Waals surface area (Å²) < 4.78 is 30.2. The van der Waals surface area contributed by atoms with Crippen molar-refractivity contribution in [2.75, 3.05) is 6.61 Å². The Morgan fingerprint density at radius 2 is 2.00 bits per heavy atom. The van der Waals surface area contributed by atoms with Crippen molar-refractivity contribution in [3.05, 3.63) is 64.8 Å². The number of hydrogen-bond donors (Lipinski definition) is 1. The van der Waals surface area contributed by atoms with E-state index in [1.54, 1.807) is 0 Å². The third kappa shape index (κ3) is 3.72. The molecule has 0 saturated heterocycles. The zero-order valence-corrected chi connectivity index (χ0v) is 17.4. The Bertz CT molecular complexity index is 1150. The molecule has 0 aliphatic heterocycles. The standard InChI is InChI=1S/C22H19ClFN3O4/c1-13-3-2-4-15(7-13)30-20-27-26-19(31-20)21-10-22(11-21,12-21)25-18(28)9-29-14-5-6-16(23)17(24)8-14/h2-8H,9-12H2,1H3,(H,25,28). The van der Waals surface area contributed by atoms with Crippen molar-refractivity contribution >= 4 is 17.5 Å². The highest BCUT2D eigenvalue weighted by Crippen LogP contribution is 2.67. The molecule has 1 aromatic heterocycles. The quantitative estimate of drug-likeness (QED) is 0.584. The van der Waals surface area contributed by atoms with Crippen LogP contribution in [0.15, 0.2) is 46.9 Å². The number of rotatable bonds is 7. The molecule has 160 valence electrons. The summed E-state index contributed by atoms with van der Waals surface area (Å²) in [5, 5.41) is 11.1. The van der Waals surface area contributed by atoms with Crippen molar-refractivity contribution < 1.29 is 23.1 Å². The van der Waals surface area contributed by atoms with Crippen LogP contribution in [0.25, 0.3) is 0 Å². The number of hydrogen-bond acceptors (Lipinski definition) is 6. The van der Waals surface area contributed by atoms with E-state index >= 15 is 0 Å². The van der Waals surface area contributed by atoms with Crippen LogP contribution in [0.4, 0.5) is 4.39 Å². The van der Waals surface area contributed by atoms with Gasteiger partial charge in [-0.05, 0) is 56.0 Å². The fourth-order valence-corrected chi connectivity index (χ4v) is 4.56. The second-order valence-corrected chi connectivity index (χ2v) is 8.70. The van der Waals surface area contributed by atoms with Gasteiger partial charge in [0.15, 0.2) is 6.61 Å².